The van der Waals surface area contributed by atoms with Gasteiger partial charge in [-0.05, 0) is 13.0 Å². The third-order valence-corrected chi connectivity index (χ3v) is 8.50. The Balaban J connectivity index is 1.36. The highest BCUT2D eigenvalue weighted by molar-refractivity contribution is 6.76. The molecule has 1 aliphatic rings. The Bertz CT molecular complexity index is 1600. The van der Waals surface area contributed by atoms with Crippen LogP contribution in [0.15, 0.2) is 35.8 Å². The first-order valence-electron chi connectivity index (χ1n) is 14.3. The molecule has 1 N–H and O–H groups in total. The van der Waals surface area contributed by atoms with Crippen molar-refractivity contribution >= 4 is 31.4 Å². The second-order valence-electron chi connectivity index (χ2n) is 11.9. The minimum atomic E-state index is -4.97. The monoisotopic (exact) mass is 689 g/mol. The number of aromatic nitrogens is 6. The lowest BCUT2D eigenvalue weighted by Crippen LogP contribution is -2.51. The number of rotatable bonds is 12. The van der Waals surface area contributed by atoms with E-state index in [0.717, 1.165) is 18.6 Å². The van der Waals surface area contributed by atoms with E-state index in [9.17, 15) is 35.9 Å². The number of hydrogen-bond acceptors (Lipinski definition) is 11. The zero-order valence-corrected chi connectivity index (χ0v) is 26.9. The molecule has 3 aromatic heterocycles. The van der Waals surface area contributed by atoms with Crippen molar-refractivity contribution in [3.8, 4) is 5.88 Å². The Morgan fingerprint density at radius 3 is 2.30 bits per heavy atom. The molecular formula is C27H33F6N9O4Si. The van der Waals surface area contributed by atoms with Crippen LogP contribution in [0.4, 0.5) is 43.8 Å². The first-order chi connectivity index (χ1) is 21.9. The van der Waals surface area contributed by atoms with Crippen LogP contribution in [0.2, 0.25) is 25.7 Å². The average molecular weight is 690 g/mol. The quantitative estimate of drug-likeness (QED) is 0.168. The Morgan fingerprint density at radius 1 is 0.979 bits per heavy atom. The molecular weight excluding hydrogens is 656 g/mol. The number of halogens is 6. The molecule has 0 aliphatic carbocycles. The van der Waals surface area contributed by atoms with Gasteiger partial charge in [-0.25, -0.2) is 24.6 Å². The zero-order chi connectivity index (χ0) is 34.6. The lowest BCUT2D eigenvalue weighted by atomic mass is 10.2. The van der Waals surface area contributed by atoms with E-state index in [2.05, 4.69) is 50.0 Å². The number of carbonyl (C=O) groups is 1. The van der Waals surface area contributed by atoms with Crippen LogP contribution in [0.5, 0.6) is 5.88 Å². The van der Waals surface area contributed by atoms with Gasteiger partial charge < -0.3 is 19.7 Å². The molecule has 1 aliphatic heterocycles. The number of anilines is 3. The number of ether oxygens (including phenoxy) is 2. The third-order valence-electron chi connectivity index (χ3n) is 6.79. The van der Waals surface area contributed by atoms with Crippen molar-refractivity contribution in [1.82, 2.24) is 29.7 Å². The first kappa shape index (κ1) is 35.5. The van der Waals surface area contributed by atoms with E-state index < -0.39 is 61.5 Å². The molecule has 13 nitrogen and oxygen atoms in total. The maximum atomic E-state index is 13.9. The van der Waals surface area contributed by atoms with Gasteiger partial charge in [0.05, 0.1) is 23.5 Å². The molecule has 1 unspecified atom stereocenters. The average Bonchev–Trinajstić information content (AvgIpc) is 2.98. The summed E-state index contributed by atoms with van der Waals surface area (Å²) in [4.78, 5) is 43.8. The van der Waals surface area contributed by atoms with Crippen LogP contribution in [0.25, 0.3) is 0 Å². The summed E-state index contributed by atoms with van der Waals surface area (Å²) in [5, 5.41) is 6.45. The topological polar surface area (TPSA) is 140 Å². The fourth-order valence-corrected chi connectivity index (χ4v) is 5.04. The zero-order valence-electron chi connectivity index (χ0n) is 25.9. The lowest BCUT2D eigenvalue weighted by Gasteiger charge is -2.33. The summed E-state index contributed by atoms with van der Waals surface area (Å²) in [7, 11) is -1.44. The molecule has 1 saturated heterocycles. The highest BCUT2D eigenvalue weighted by Gasteiger charge is 2.39. The number of nitrogens with one attached hydrogen (secondary N) is 1. The minimum Gasteiger partial charge on any atom is -0.475 e. The van der Waals surface area contributed by atoms with Crippen molar-refractivity contribution < 1.29 is 40.6 Å². The van der Waals surface area contributed by atoms with Crippen LogP contribution in [-0.4, -0.2) is 82.6 Å². The number of amides is 1. The van der Waals surface area contributed by atoms with E-state index in [4.69, 9.17) is 9.47 Å². The molecule has 0 spiro atoms. The molecule has 0 bridgehead atoms. The van der Waals surface area contributed by atoms with Gasteiger partial charge in [-0.3, -0.25) is 14.5 Å². The maximum absolute atomic E-state index is 13.9. The van der Waals surface area contributed by atoms with Crippen LogP contribution in [0.1, 0.15) is 18.1 Å². The summed E-state index contributed by atoms with van der Waals surface area (Å²) in [6.07, 6.45) is -6.23. The van der Waals surface area contributed by atoms with E-state index in [0.29, 0.717) is 23.7 Å². The molecule has 0 radical (unpaired) electrons. The van der Waals surface area contributed by atoms with Crippen molar-refractivity contribution in [2.45, 2.75) is 57.7 Å². The molecule has 1 fully saturated rings. The highest BCUT2D eigenvalue weighted by atomic mass is 28.3. The van der Waals surface area contributed by atoms with Gasteiger partial charge in [0, 0.05) is 46.2 Å². The van der Waals surface area contributed by atoms with Crippen molar-refractivity contribution in [3.05, 3.63) is 52.5 Å². The lowest BCUT2D eigenvalue weighted by molar-refractivity contribution is -0.139. The summed E-state index contributed by atoms with van der Waals surface area (Å²) >= 11 is 0. The fourth-order valence-electron chi connectivity index (χ4n) is 4.28. The minimum absolute atomic E-state index is 0.0185. The van der Waals surface area contributed by atoms with Crippen LogP contribution in [0, 0.1) is 0 Å². The highest BCUT2D eigenvalue weighted by Crippen LogP contribution is 2.32. The molecule has 1 atom stereocenters. The molecule has 256 valence electrons. The smallest absolute Gasteiger partial charge is 0.423 e. The van der Waals surface area contributed by atoms with E-state index in [1.54, 1.807) is 0 Å². The standard InChI is InChI=1S/C27H33F6N9O4Si/c1-17(39-19-12-38-42(16-45-7-8-47(2,3)4)24(44)23(19)27(31,32)33)14-46-21-9-20(36-15-37-21)41-6-5-40(13-22(41)43)25-34-10-18(11-35-25)26(28,29)30/h9-12,15,17,39H,5-8,13-14,16H2,1-4H3. The van der Waals surface area contributed by atoms with Crippen LogP contribution in [0.3, 0.4) is 0 Å². The van der Waals surface area contributed by atoms with Crippen LogP contribution < -0.4 is 25.4 Å². The third kappa shape index (κ3) is 9.59. The predicted octanol–water partition coefficient (Wildman–Crippen LogP) is 3.91. The molecule has 20 heteroatoms. The van der Waals surface area contributed by atoms with Gasteiger partial charge in [-0.15, -0.1) is 0 Å². The molecule has 4 heterocycles. The summed E-state index contributed by atoms with van der Waals surface area (Å²) in [6, 6.07) is 1.38. The predicted molar refractivity (Wildman–Crippen MR) is 160 cm³/mol. The van der Waals surface area contributed by atoms with Gasteiger partial charge in [0.25, 0.3) is 5.56 Å². The van der Waals surface area contributed by atoms with Crippen molar-refractivity contribution in [3.63, 3.8) is 0 Å². The SMILES string of the molecule is CC(COc1cc(N2CCN(c3ncc(C(F)(F)F)cn3)CC2=O)ncn1)Nc1cnn(COCC[Si](C)(C)C)c(=O)c1C(F)(F)F. The Hall–Kier alpha value is -4.33. The van der Waals surface area contributed by atoms with E-state index in [-0.39, 0.29) is 43.9 Å². The van der Waals surface area contributed by atoms with Gasteiger partial charge in [0.1, 0.15) is 37.6 Å². The molecule has 0 aromatic carbocycles. The van der Waals surface area contributed by atoms with E-state index in [1.807, 2.05) is 0 Å². The summed E-state index contributed by atoms with van der Waals surface area (Å²) < 4.78 is 91.8. The Kier molecular flexibility index (Phi) is 10.7. The van der Waals surface area contributed by atoms with Crippen molar-refractivity contribution in [2.75, 3.05) is 48.0 Å². The maximum Gasteiger partial charge on any atom is 0.423 e. The van der Waals surface area contributed by atoms with E-state index >= 15 is 0 Å². The van der Waals surface area contributed by atoms with Crippen molar-refractivity contribution in [2.24, 2.45) is 0 Å². The van der Waals surface area contributed by atoms with Gasteiger partial charge in [0.15, 0.2) is 0 Å². The van der Waals surface area contributed by atoms with E-state index in [1.165, 1.54) is 22.8 Å². The molecule has 1 amide bonds. The van der Waals surface area contributed by atoms with Gasteiger partial charge in [-0.2, -0.15) is 31.4 Å². The summed E-state index contributed by atoms with van der Waals surface area (Å²) in [5.41, 5.74) is -4.31. The second kappa shape index (κ2) is 14.2. The molecule has 3 aromatic rings. The second-order valence-corrected chi connectivity index (χ2v) is 17.5. The fraction of sp³-hybridized carbons (Fsp3) is 0.519. The van der Waals surface area contributed by atoms with Gasteiger partial charge >= 0.3 is 12.4 Å². The number of hydrogen-bond donors (Lipinski definition) is 1. The Morgan fingerprint density at radius 2 is 1.68 bits per heavy atom. The summed E-state index contributed by atoms with van der Waals surface area (Å²) in [5.74, 6) is -0.285. The van der Waals surface area contributed by atoms with Gasteiger partial charge in [-0.1, -0.05) is 19.6 Å². The number of carbonyl (C=O) groups excluding carboxylic acids is 1. The largest absolute Gasteiger partial charge is 0.475 e. The number of piperazine rings is 1. The summed E-state index contributed by atoms with van der Waals surface area (Å²) in [6.45, 7) is 7.63. The van der Waals surface area contributed by atoms with Crippen LogP contribution >= 0.6 is 0 Å². The van der Waals surface area contributed by atoms with Gasteiger partial charge in [0.2, 0.25) is 17.7 Å². The normalized spacial score (nSPS) is 15.1. The molecule has 47 heavy (non-hydrogen) atoms. The van der Waals surface area contributed by atoms with Crippen LogP contribution in [-0.2, 0) is 28.6 Å². The molecule has 0 saturated carbocycles. The first-order valence-corrected chi connectivity index (χ1v) is 18.0. The van der Waals surface area contributed by atoms with Crippen molar-refractivity contribution in [1.29, 1.82) is 0 Å². The number of alkyl halides is 6. The molecule has 4 rings (SSSR count). The number of nitrogens with zero attached hydrogens (tertiary/aromatic N) is 8. The Labute approximate surface area is 266 Å².